The molecule has 18 heavy (non-hydrogen) atoms. The first kappa shape index (κ1) is 15.4. The molecule has 7 nitrogen and oxygen atoms in total. The number of ether oxygens (including phenoxy) is 2. The fourth-order valence-corrected chi connectivity index (χ4v) is 3.98. The van der Waals surface area contributed by atoms with E-state index >= 15 is 0 Å². The number of hydrogen-bond acceptors (Lipinski definition) is 5. The number of carboxylic acids is 1. The lowest BCUT2D eigenvalue weighted by Gasteiger charge is -2.33. The second-order valence-corrected chi connectivity index (χ2v) is 6.27. The molecule has 0 aliphatic carbocycles. The average Bonchev–Trinajstić information content (AvgIpc) is 2.73. The van der Waals surface area contributed by atoms with Gasteiger partial charge in [0, 0.05) is 20.8 Å². The third kappa shape index (κ3) is 2.82. The molecule has 0 radical (unpaired) electrons. The Bertz CT molecular complexity index is 395. The van der Waals surface area contributed by atoms with E-state index in [0.29, 0.717) is 6.42 Å². The van der Waals surface area contributed by atoms with Gasteiger partial charge in [0.1, 0.15) is 0 Å². The van der Waals surface area contributed by atoms with Crippen LogP contribution in [0, 0.1) is 0 Å². The molecule has 0 aromatic heterocycles. The first-order valence-corrected chi connectivity index (χ1v) is 7.23. The van der Waals surface area contributed by atoms with E-state index in [4.69, 9.17) is 9.47 Å². The summed E-state index contributed by atoms with van der Waals surface area (Å²) >= 11 is 0. The maximum atomic E-state index is 12.1. The van der Waals surface area contributed by atoms with E-state index < -0.39 is 21.5 Å². The van der Waals surface area contributed by atoms with Gasteiger partial charge in [-0.3, -0.25) is 4.79 Å². The number of hydrogen-bond donors (Lipinski definition) is 1. The second-order valence-electron chi connectivity index (χ2n) is 4.25. The number of rotatable bonds is 7. The summed E-state index contributed by atoms with van der Waals surface area (Å²) in [5.41, 5.74) is -1.47. The van der Waals surface area contributed by atoms with Crippen LogP contribution in [0.1, 0.15) is 12.8 Å². The number of methoxy groups -OCH3 is 2. The maximum Gasteiger partial charge on any atom is 0.327 e. The Morgan fingerprint density at radius 1 is 1.39 bits per heavy atom. The molecule has 1 rings (SSSR count). The monoisotopic (exact) mass is 281 g/mol. The van der Waals surface area contributed by atoms with Gasteiger partial charge in [0.05, 0.1) is 19.0 Å². The van der Waals surface area contributed by atoms with Gasteiger partial charge in [-0.25, -0.2) is 8.42 Å². The van der Waals surface area contributed by atoms with E-state index in [2.05, 4.69) is 0 Å². The molecule has 1 aliphatic rings. The van der Waals surface area contributed by atoms with Crippen LogP contribution in [0.5, 0.6) is 0 Å². The summed E-state index contributed by atoms with van der Waals surface area (Å²) in [5.74, 6) is -1.38. The van der Waals surface area contributed by atoms with Crippen molar-refractivity contribution < 1.29 is 27.8 Å². The summed E-state index contributed by atoms with van der Waals surface area (Å²) in [6.07, 6.45) is 0.782. The van der Waals surface area contributed by atoms with Gasteiger partial charge in [-0.05, 0) is 12.8 Å². The zero-order chi connectivity index (χ0) is 13.8. The molecule has 1 atom stereocenters. The zero-order valence-electron chi connectivity index (χ0n) is 10.6. The summed E-state index contributed by atoms with van der Waals surface area (Å²) < 4.78 is 34.9. The lowest BCUT2D eigenvalue weighted by Crippen LogP contribution is -2.56. The van der Waals surface area contributed by atoms with Crippen molar-refractivity contribution in [2.24, 2.45) is 0 Å². The normalized spacial score (nSPS) is 25.4. The van der Waals surface area contributed by atoms with E-state index in [-0.39, 0.29) is 31.9 Å². The molecule has 0 aromatic carbocycles. The molecular formula is C10H19NO6S. The summed E-state index contributed by atoms with van der Waals surface area (Å²) in [6, 6.07) is 0. The predicted octanol–water partition coefficient (Wildman–Crippen LogP) is -0.472. The highest BCUT2D eigenvalue weighted by Gasteiger charge is 2.52. The van der Waals surface area contributed by atoms with Gasteiger partial charge in [-0.1, -0.05) is 0 Å². The van der Waals surface area contributed by atoms with Crippen LogP contribution in [0.25, 0.3) is 0 Å². The van der Waals surface area contributed by atoms with Crippen molar-refractivity contribution >= 4 is 16.0 Å². The Kier molecular flexibility index (Phi) is 5.09. The third-order valence-electron chi connectivity index (χ3n) is 3.09. The molecule has 0 aromatic rings. The topological polar surface area (TPSA) is 93.1 Å². The van der Waals surface area contributed by atoms with Crippen LogP contribution < -0.4 is 0 Å². The van der Waals surface area contributed by atoms with Crippen molar-refractivity contribution in [3.8, 4) is 0 Å². The largest absolute Gasteiger partial charge is 0.480 e. The fraction of sp³-hybridized carbons (Fsp3) is 0.900. The van der Waals surface area contributed by atoms with Crippen molar-refractivity contribution in [3.05, 3.63) is 0 Å². The molecule has 1 saturated heterocycles. The van der Waals surface area contributed by atoms with Gasteiger partial charge < -0.3 is 14.6 Å². The molecule has 0 bridgehead atoms. The summed E-state index contributed by atoms with van der Waals surface area (Å²) in [5, 5.41) is 9.34. The summed E-state index contributed by atoms with van der Waals surface area (Å²) in [4.78, 5) is 11.4. The third-order valence-corrected chi connectivity index (χ3v) is 4.98. The quantitative estimate of drug-likeness (QED) is 0.678. The van der Waals surface area contributed by atoms with Gasteiger partial charge >= 0.3 is 5.97 Å². The highest BCUT2D eigenvalue weighted by atomic mass is 32.2. The minimum atomic E-state index is -3.65. The Hall–Kier alpha value is -0.700. The second kappa shape index (κ2) is 5.96. The smallest absolute Gasteiger partial charge is 0.327 e. The predicted molar refractivity (Wildman–Crippen MR) is 63.8 cm³/mol. The van der Waals surface area contributed by atoms with Crippen LogP contribution in [0.3, 0.4) is 0 Å². The van der Waals surface area contributed by atoms with Crippen LogP contribution in [-0.2, 0) is 24.3 Å². The van der Waals surface area contributed by atoms with Crippen LogP contribution in [0.15, 0.2) is 0 Å². The van der Waals surface area contributed by atoms with Gasteiger partial charge in [-0.15, -0.1) is 0 Å². The molecule has 8 heteroatoms. The van der Waals surface area contributed by atoms with Crippen LogP contribution in [0.2, 0.25) is 0 Å². The van der Waals surface area contributed by atoms with E-state index in [0.717, 1.165) is 4.31 Å². The molecular weight excluding hydrogens is 262 g/mol. The van der Waals surface area contributed by atoms with Crippen molar-refractivity contribution in [3.63, 3.8) is 0 Å². The molecule has 1 N–H and O–H groups in total. The van der Waals surface area contributed by atoms with Crippen LogP contribution in [0.4, 0.5) is 0 Å². The standard InChI is InChI=1S/C10H19NO6S/c1-16-6-7-18(14,15)11-5-3-4-10(11,8-17-2)9(12)13/h3-8H2,1-2H3,(H,12,13). The van der Waals surface area contributed by atoms with E-state index in [1.54, 1.807) is 0 Å². The summed E-state index contributed by atoms with van der Waals surface area (Å²) in [6.45, 7) is 0.109. The molecule has 1 fully saturated rings. The van der Waals surface area contributed by atoms with Gasteiger partial charge in [0.15, 0.2) is 5.54 Å². The minimum Gasteiger partial charge on any atom is -0.480 e. The average molecular weight is 281 g/mol. The maximum absolute atomic E-state index is 12.1. The Morgan fingerprint density at radius 3 is 2.56 bits per heavy atom. The Balaban J connectivity index is 3.01. The fourth-order valence-electron chi connectivity index (χ4n) is 2.22. The molecule has 0 amide bonds. The lowest BCUT2D eigenvalue weighted by molar-refractivity contribution is -0.150. The molecule has 1 heterocycles. The highest BCUT2D eigenvalue weighted by Crippen LogP contribution is 2.33. The van der Waals surface area contributed by atoms with Crippen molar-refractivity contribution in [1.82, 2.24) is 4.31 Å². The van der Waals surface area contributed by atoms with Gasteiger partial charge in [-0.2, -0.15) is 4.31 Å². The van der Waals surface area contributed by atoms with Crippen LogP contribution >= 0.6 is 0 Å². The highest BCUT2D eigenvalue weighted by molar-refractivity contribution is 7.89. The van der Waals surface area contributed by atoms with E-state index in [1.807, 2.05) is 0 Å². The Morgan fingerprint density at radius 2 is 2.06 bits per heavy atom. The van der Waals surface area contributed by atoms with Crippen molar-refractivity contribution in [2.45, 2.75) is 18.4 Å². The van der Waals surface area contributed by atoms with E-state index in [1.165, 1.54) is 14.2 Å². The first-order chi connectivity index (χ1) is 8.40. The Labute approximate surface area is 107 Å². The number of aliphatic carboxylic acids is 1. The van der Waals surface area contributed by atoms with E-state index in [9.17, 15) is 18.3 Å². The SMILES string of the molecule is COCCS(=O)(=O)N1CCCC1(COC)C(=O)O. The first-order valence-electron chi connectivity index (χ1n) is 5.62. The van der Waals surface area contributed by atoms with Crippen molar-refractivity contribution in [2.75, 3.05) is 39.7 Å². The van der Waals surface area contributed by atoms with Gasteiger partial charge in [0.25, 0.3) is 0 Å². The molecule has 0 spiro atoms. The minimum absolute atomic E-state index is 0.0432. The van der Waals surface area contributed by atoms with Gasteiger partial charge in [0.2, 0.25) is 10.0 Å². The number of nitrogens with zero attached hydrogens (tertiary/aromatic N) is 1. The summed E-state index contributed by atoms with van der Waals surface area (Å²) in [7, 11) is -0.884. The zero-order valence-corrected chi connectivity index (χ0v) is 11.4. The van der Waals surface area contributed by atoms with Crippen molar-refractivity contribution in [1.29, 1.82) is 0 Å². The lowest BCUT2D eigenvalue weighted by atomic mass is 9.99. The number of carboxylic acid groups (broad SMARTS) is 1. The molecule has 0 saturated carbocycles. The number of sulfonamides is 1. The molecule has 106 valence electrons. The number of carbonyl (C=O) groups is 1. The molecule has 1 aliphatic heterocycles. The molecule has 1 unspecified atom stereocenters. The van der Waals surface area contributed by atoms with Crippen LogP contribution in [-0.4, -0.2) is 69.1 Å².